The van der Waals surface area contributed by atoms with Crippen LogP contribution in [0.2, 0.25) is 5.02 Å². The highest BCUT2D eigenvalue weighted by molar-refractivity contribution is 9.10. The first-order valence-corrected chi connectivity index (χ1v) is 16.5. The first-order chi connectivity index (χ1) is 22.0. The summed E-state index contributed by atoms with van der Waals surface area (Å²) in [4.78, 5) is 13.1. The molecule has 0 aliphatic rings. The van der Waals surface area contributed by atoms with Crippen molar-refractivity contribution < 1.29 is 32.2 Å². The monoisotopic (exact) mass is 729 g/mol. The van der Waals surface area contributed by atoms with Gasteiger partial charge in [-0.2, -0.15) is 5.10 Å². The van der Waals surface area contributed by atoms with E-state index in [0.29, 0.717) is 38.0 Å². The molecule has 0 saturated heterocycles. The molecule has 0 fully saturated rings. The second-order valence-electron chi connectivity index (χ2n) is 10.1. The maximum absolute atomic E-state index is 13.9. The molecule has 4 aromatic rings. The van der Waals surface area contributed by atoms with Crippen molar-refractivity contribution in [1.29, 1.82) is 0 Å². The van der Waals surface area contributed by atoms with Crippen molar-refractivity contribution in [3.8, 4) is 23.0 Å². The third kappa shape index (κ3) is 8.31. The Balaban J connectivity index is 1.55. The lowest BCUT2D eigenvalue weighted by atomic mass is 10.1. The molecule has 0 aromatic heterocycles. The summed E-state index contributed by atoms with van der Waals surface area (Å²) in [6.45, 7) is 3.38. The number of rotatable bonds is 13. The SMILES string of the molecule is COc1ccc(S(=O)(=O)N(CC(=O)N/N=C\c2cc(Br)c(OCc3ccccc3Cl)c(OC)c2)c2cc(C)cc(C)c2)cc1OC. The van der Waals surface area contributed by atoms with Crippen molar-refractivity contribution in [2.45, 2.75) is 25.3 Å². The van der Waals surface area contributed by atoms with Gasteiger partial charge in [0, 0.05) is 16.7 Å². The number of hydrazone groups is 1. The average molecular weight is 731 g/mol. The maximum atomic E-state index is 13.9. The number of nitrogens with one attached hydrogen (secondary N) is 1. The van der Waals surface area contributed by atoms with Crippen LogP contribution in [0.3, 0.4) is 0 Å². The first kappa shape index (κ1) is 34.6. The van der Waals surface area contributed by atoms with Crippen molar-refractivity contribution in [2.75, 3.05) is 32.2 Å². The van der Waals surface area contributed by atoms with Crippen molar-refractivity contribution >= 4 is 55.4 Å². The number of halogens is 2. The van der Waals surface area contributed by atoms with E-state index < -0.39 is 22.5 Å². The minimum absolute atomic E-state index is 0.0746. The molecule has 46 heavy (non-hydrogen) atoms. The van der Waals surface area contributed by atoms with Crippen LogP contribution in [-0.4, -0.2) is 48.4 Å². The highest BCUT2D eigenvalue weighted by Gasteiger charge is 2.29. The lowest BCUT2D eigenvalue weighted by Gasteiger charge is -2.25. The molecule has 0 radical (unpaired) electrons. The van der Waals surface area contributed by atoms with Gasteiger partial charge in [0.25, 0.3) is 15.9 Å². The normalized spacial score (nSPS) is 11.3. The van der Waals surface area contributed by atoms with Crippen LogP contribution in [0.25, 0.3) is 0 Å². The van der Waals surface area contributed by atoms with Crippen LogP contribution in [0.4, 0.5) is 5.69 Å². The predicted octanol–water partition coefficient (Wildman–Crippen LogP) is 6.67. The molecule has 0 saturated carbocycles. The maximum Gasteiger partial charge on any atom is 0.264 e. The van der Waals surface area contributed by atoms with Crippen LogP contribution < -0.4 is 28.7 Å². The van der Waals surface area contributed by atoms with Crippen molar-refractivity contribution in [1.82, 2.24) is 5.43 Å². The molecule has 4 aromatic carbocycles. The third-order valence-electron chi connectivity index (χ3n) is 6.71. The molecule has 0 aliphatic heterocycles. The number of hydrogen-bond acceptors (Lipinski definition) is 8. The van der Waals surface area contributed by atoms with Crippen molar-refractivity contribution in [2.24, 2.45) is 5.10 Å². The standard InChI is InChI=1S/C33H33BrClN3O7S/c1-21-12-22(2)14-25(13-21)38(46(40,41)26-10-11-29(42-3)30(17-26)43-4)19-32(39)37-36-18-23-15-27(34)33(31(16-23)44-5)45-20-24-8-6-7-9-28(24)35/h6-18H,19-20H2,1-5H3,(H,37,39)/b36-18-. The molecule has 4 rings (SSSR count). The fourth-order valence-electron chi connectivity index (χ4n) is 4.58. The number of benzene rings is 4. The smallest absolute Gasteiger partial charge is 0.264 e. The molecule has 0 heterocycles. The quantitative estimate of drug-likeness (QED) is 0.121. The zero-order valence-electron chi connectivity index (χ0n) is 25.8. The van der Waals surface area contributed by atoms with Gasteiger partial charge in [0.05, 0.1) is 42.6 Å². The summed E-state index contributed by atoms with van der Waals surface area (Å²) >= 11 is 9.76. The highest BCUT2D eigenvalue weighted by Crippen LogP contribution is 2.37. The molecule has 10 nitrogen and oxygen atoms in total. The predicted molar refractivity (Wildman–Crippen MR) is 182 cm³/mol. The number of nitrogens with zero attached hydrogens (tertiary/aromatic N) is 2. The summed E-state index contributed by atoms with van der Waals surface area (Å²) in [6.07, 6.45) is 1.41. The van der Waals surface area contributed by atoms with Gasteiger partial charge in [-0.1, -0.05) is 35.9 Å². The van der Waals surface area contributed by atoms with Crippen LogP contribution in [0.5, 0.6) is 23.0 Å². The minimum Gasteiger partial charge on any atom is -0.493 e. The van der Waals surface area contributed by atoms with Crippen molar-refractivity contribution in [3.05, 3.63) is 105 Å². The van der Waals surface area contributed by atoms with Gasteiger partial charge in [-0.15, -0.1) is 0 Å². The van der Waals surface area contributed by atoms with E-state index in [2.05, 4.69) is 26.5 Å². The average Bonchev–Trinajstić information content (AvgIpc) is 3.02. The van der Waals surface area contributed by atoms with Crippen LogP contribution in [0.15, 0.2) is 87.3 Å². The number of sulfonamides is 1. The van der Waals surface area contributed by atoms with Gasteiger partial charge in [0.1, 0.15) is 13.2 Å². The summed E-state index contributed by atoms with van der Waals surface area (Å²) in [7, 11) is 0.152. The minimum atomic E-state index is -4.23. The summed E-state index contributed by atoms with van der Waals surface area (Å²) in [5.74, 6) is 0.837. The van der Waals surface area contributed by atoms with Crippen LogP contribution in [-0.2, 0) is 21.4 Å². The van der Waals surface area contributed by atoms with Gasteiger partial charge in [0.15, 0.2) is 23.0 Å². The molecule has 1 N–H and O–H groups in total. The number of ether oxygens (including phenoxy) is 4. The fourth-order valence-corrected chi connectivity index (χ4v) is 6.76. The molecule has 1 amide bonds. The number of amides is 1. The Hall–Kier alpha value is -4.26. The molecule has 0 atom stereocenters. The molecule has 13 heteroatoms. The van der Waals surface area contributed by atoms with Gasteiger partial charge in [-0.05, 0) is 88.9 Å². The second kappa shape index (κ2) is 15.4. The highest BCUT2D eigenvalue weighted by atomic mass is 79.9. The molecule has 0 spiro atoms. The Labute approximate surface area is 282 Å². The van der Waals surface area contributed by atoms with E-state index in [1.807, 2.05) is 38.1 Å². The molecular formula is C33H33BrClN3O7S. The zero-order chi connectivity index (χ0) is 33.4. The van der Waals surface area contributed by atoms with Crippen LogP contribution in [0.1, 0.15) is 22.3 Å². The Morgan fingerprint density at radius 1 is 0.913 bits per heavy atom. The summed E-state index contributed by atoms with van der Waals surface area (Å²) in [6, 6.07) is 20.3. The van der Waals surface area contributed by atoms with Gasteiger partial charge >= 0.3 is 0 Å². The number of aryl methyl sites for hydroxylation is 2. The number of methoxy groups -OCH3 is 3. The Bertz CT molecular complexity index is 1850. The lowest BCUT2D eigenvalue weighted by molar-refractivity contribution is -0.119. The first-order valence-electron chi connectivity index (χ1n) is 13.9. The largest absolute Gasteiger partial charge is 0.493 e. The molecule has 0 aliphatic carbocycles. The van der Waals surface area contributed by atoms with E-state index >= 15 is 0 Å². The van der Waals surface area contributed by atoms with E-state index in [4.69, 9.17) is 30.5 Å². The van der Waals surface area contributed by atoms with E-state index in [-0.39, 0.29) is 17.3 Å². The van der Waals surface area contributed by atoms with Crippen molar-refractivity contribution in [3.63, 3.8) is 0 Å². The fraction of sp³-hybridized carbons (Fsp3) is 0.212. The Morgan fingerprint density at radius 3 is 2.24 bits per heavy atom. The Morgan fingerprint density at radius 2 is 1.59 bits per heavy atom. The van der Waals surface area contributed by atoms with Crippen LogP contribution in [0, 0.1) is 13.8 Å². The third-order valence-corrected chi connectivity index (χ3v) is 9.44. The topological polar surface area (TPSA) is 116 Å². The molecule has 0 bridgehead atoms. The van der Waals surface area contributed by atoms with Gasteiger partial charge < -0.3 is 18.9 Å². The number of carbonyl (C=O) groups excluding carboxylic acids is 1. The molecular weight excluding hydrogens is 698 g/mol. The summed E-state index contributed by atoms with van der Waals surface area (Å²) < 4.78 is 51.5. The van der Waals surface area contributed by atoms with E-state index in [1.54, 1.807) is 30.3 Å². The summed E-state index contributed by atoms with van der Waals surface area (Å²) in [5, 5.41) is 4.65. The summed E-state index contributed by atoms with van der Waals surface area (Å²) in [5.41, 5.74) is 5.82. The number of carbonyl (C=O) groups is 1. The second-order valence-corrected chi connectivity index (χ2v) is 13.2. The molecule has 0 unspecified atom stereocenters. The van der Waals surface area contributed by atoms with E-state index in [0.717, 1.165) is 21.0 Å². The van der Waals surface area contributed by atoms with Gasteiger partial charge in [0.2, 0.25) is 0 Å². The molecule has 242 valence electrons. The number of anilines is 1. The van der Waals surface area contributed by atoms with Gasteiger partial charge in [-0.25, -0.2) is 13.8 Å². The Kier molecular flexibility index (Phi) is 11.5. The van der Waals surface area contributed by atoms with Gasteiger partial charge in [-0.3, -0.25) is 9.10 Å². The van der Waals surface area contributed by atoms with E-state index in [1.165, 1.54) is 45.7 Å². The lowest BCUT2D eigenvalue weighted by Crippen LogP contribution is -2.39. The number of hydrogen-bond donors (Lipinski definition) is 1. The van der Waals surface area contributed by atoms with Crippen LogP contribution >= 0.6 is 27.5 Å². The zero-order valence-corrected chi connectivity index (χ0v) is 29.0. The van der Waals surface area contributed by atoms with E-state index in [9.17, 15) is 13.2 Å².